The Balaban J connectivity index is 2.03. The molecule has 1 aliphatic heterocycles. The zero-order valence-corrected chi connectivity index (χ0v) is 12.9. The minimum atomic E-state index is -4.05. The number of hydrogen-bond donors (Lipinski definition) is 1. The molecular formula is C16H28F3NO. The van der Waals surface area contributed by atoms with E-state index in [4.69, 9.17) is 4.74 Å². The third-order valence-electron chi connectivity index (χ3n) is 5.15. The molecule has 1 saturated carbocycles. The SMILES string of the molecule is CCNC(CC1CCOCC1)C1CCCCC1C(F)(F)F. The number of nitrogens with one attached hydrogen (secondary N) is 1. The summed E-state index contributed by atoms with van der Waals surface area (Å²) in [6.45, 7) is 4.26. The van der Waals surface area contributed by atoms with Crippen molar-refractivity contribution in [3.05, 3.63) is 0 Å². The molecule has 3 unspecified atom stereocenters. The Labute approximate surface area is 125 Å². The van der Waals surface area contributed by atoms with Crippen molar-refractivity contribution >= 4 is 0 Å². The molecule has 2 aliphatic rings. The minimum Gasteiger partial charge on any atom is -0.381 e. The van der Waals surface area contributed by atoms with E-state index in [0.717, 1.165) is 51.9 Å². The Morgan fingerprint density at radius 3 is 2.38 bits per heavy atom. The van der Waals surface area contributed by atoms with Gasteiger partial charge in [0.2, 0.25) is 0 Å². The van der Waals surface area contributed by atoms with Gasteiger partial charge in [0.15, 0.2) is 0 Å². The van der Waals surface area contributed by atoms with Crippen LogP contribution in [0.4, 0.5) is 13.2 Å². The van der Waals surface area contributed by atoms with Crippen LogP contribution in [-0.4, -0.2) is 32.0 Å². The molecule has 1 heterocycles. The third-order valence-corrected chi connectivity index (χ3v) is 5.15. The number of alkyl halides is 3. The molecule has 2 nitrogen and oxygen atoms in total. The van der Waals surface area contributed by atoms with Gasteiger partial charge in [-0.1, -0.05) is 19.8 Å². The smallest absolute Gasteiger partial charge is 0.381 e. The maximum atomic E-state index is 13.3. The van der Waals surface area contributed by atoms with E-state index < -0.39 is 12.1 Å². The van der Waals surface area contributed by atoms with Crippen LogP contribution in [0.5, 0.6) is 0 Å². The molecule has 0 bridgehead atoms. The highest BCUT2D eigenvalue weighted by Gasteiger charge is 2.47. The predicted molar refractivity (Wildman–Crippen MR) is 77.1 cm³/mol. The summed E-state index contributed by atoms with van der Waals surface area (Å²) in [5.74, 6) is -0.852. The lowest BCUT2D eigenvalue weighted by atomic mass is 9.72. The van der Waals surface area contributed by atoms with Crippen LogP contribution in [-0.2, 0) is 4.74 Å². The summed E-state index contributed by atoms with van der Waals surface area (Å²) in [5.41, 5.74) is 0. The summed E-state index contributed by atoms with van der Waals surface area (Å²) >= 11 is 0. The molecule has 0 radical (unpaired) electrons. The van der Waals surface area contributed by atoms with Gasteiger partial charge in [0.05, 0.1) is 5.92 Å². The molecule has 0 aromatic carbocycles. The molecule has 1 N–H and O–H groups in total. The lowest BCUT2D eigenvalue weighted by molar-refractivity contribution is -0.200. The van der Waals surface area contributed by atoms with Crippen LogP contribution in [0.25, 0.3) is 0 Å². The fourth-order valence-electron chi connectivity index (χ4n) is 4.06. The van der Waals surface area contributed by atoms with Gasteiger partial charge in [-0.25, -0.2) is 0 Å². The van der Waals surface area contributed by atoms with E-state index in [1.807, 2.05) is 6.92 Å². The first-order valence-corrected chi connectivity index (χ1v) is 8.40. The van der Waals surface area contributed by atoms with E-state index in [2.05, 4.69) is 5.32 Å². The summed E-state index contributed by atoms with van der Waals surface area (Å²) in [7, 11) is 0. The van der Waals surface area contributed by atoms with Crippen molar-refractivity contribution in [1.82, 2.24) is 5.32 Å². The highest BCUT2D eigenvalue weighted by atomic mass is 19.4. The molecule has 124 valence electrons. The number of halogens is 3. The van der Waals surface area contributed by atoms with Crippen LogP contribution in [0, 0.1) is 17.8 Å². The third kappa shape index (κ3) is 4.85. The monoisotopic (exact) mass is 307 g/mol. The van der Waals surface area contributed by atoms with Crippen molar-refractivity contribution in [3.63, 3.8) is 0 Å². The van der Waals surface area contributed by atoms with Crippen molar-refractivity contribution in [2.24, 2.45) is 17.8 Å². The summed E-state index contributed by atoms with van der Waals surface area (Å²) in [6, 6.07) is 0.00465. The lowest BCUT2D eigenvalue weighted by Crippen LogP contribution is -2.46. The quantitative estimate of drug-likeness (QED) is 0.824. The molecule has 3 atom stereocenters. The van der Waals surface area contributed by atoms with Gasteiger partial charge >= 0.3 is 6.18 Å². The van der Waals surface area contributed by atoms with Gasteiger partial charge < -0.3 is 10.1 Å². The average Bonchev–Trinajstić information content (AvgIpc) is 2.47. The van der Waals surface area contributed by atoms with E-state index >= 15 is 0 Å². The summed E-state index contributed by atoms with van der Waals surface area (Å²) in [4.78, 5) is 0. The normalized spacial score (nSPS) is 30.3. The van der Waals surface area contributed by atoms with Crippen LogP contribution < -0.4 is 5.32 Å². The topological polar surface area (TPSA) is 21.3 Å². The zero-order chi connectivity index (χ0) is 15.3. The van der Waals surface area contributed by atoms with Crippen LogP contribution in [0.3, 0.4) is 0 Å². The van der Waals surface area contributed by atoms with Gasteiger partial charge in [-0.05, 0) is 50.5 Å². The molecule has 21 heavy (non-hydrogen) atoms. The molecule has 0 aromatic heterocycles. The summed E-state index contributed by atoms with van der Waals surface area (Å²) in [6.07, 6.45) is 1.48. The fraction of sp³-hybridized carbons (Fsp3) is 1.00. The molecular weight excluding hydrogens is 279 g/mol. The molecule has 1 aliphatic carbocycles. The van der Waals surface area contributed by atoms with E-state index in [1.54, 1.807) is 0 Å². The second kappa shape index (κ2) is 7.82. The molecule has 2 fully saturated rings. The van der Waals surface area contributed by atoms with Crippen molar-refractivity contribution in [1.29, 1.82) is 0 Å². The standard InChI is InChI=1S/C16H28F3NO/c1-2-20-15(11-12-7-9-21-10-8-12)13-5-3-4-6-14(13)16(17,18)19/h12-15,20H,2-11H2,1H3. The van der Waals surface area contributed by atoms with Crippen molar-refractivity contribution in [2.75, 3.05) is 19.8 Å². The Hall–Kier alpha value is -0.290. The second-order valence-electron chi connectivity index (χ2n) is 6.55. The van der Waals surface area contributed by atoms with Crippen molar-refractivity contribution in [2.45, 2.75) is 64.1 Å². The van der Waals surface area contributed by atoms with Crippen molar-refractivity contribution in [3.8, 4) is 0 Å². The zero-order valence-electron chi connectivity index (χ0n) is 12.9. The van der Waals surface area contributed by atoms with Crippen LogP contribution in [0.2, 0.25) is 0 Å². The highest BCUT2D eigenvalue weighted by Crippen LogP contribution is 2.44. The van der Waals surface area contributed by atoms with Gasteiger partial charge in [0.25, 0.3) is 0 Å². The Kier molecular flexibility index (Phi) is 6.35. The number of hydrogen-bond acceptors (Lipinski definition) is 2. The first kappa shape index (κ1) is 17.1. The first-order chi connectivity index (χ1) is 10.0. The van der Waals surface area contributed by atoms with Gasteiger partial charge in [-0.2, -0.15) is 13.2 Å². The van der Waals surface area contributed by atoms with Crippen LogP contribution >= 0.6 is 0 Å². The van der Waals surface area contributed by atoms with Gasteiger partial charge in [0, 0.05) is 19.3 Å². The number of ether oxygens (including phenoxy) is 1. The van der Waals surface area contributed by atoms with Gasteiger partial charge in [-0.15, -0.1) is 0 Å². The van der Waals surface area contributed by atoms with Gasteiger partial charge in [-0.3, -0.25) is 0 Å². The minimum absolute atomic E-state index is 0.00465. The van der Waals surface area contributed by atoms with E-state index in [1.165, 1.54) is 0 Å². The average molecular weight is 307 g/mol. The van der Waals surface area contributed by atoms with E-state index in [-0.39, 0.29) is 12.0 Å². The Morgan fingerprint density at radius 1 is 1.10 bits per heavy atom. The predicted octanol–water partition coefficient (Wildman–Crippen LogP) is 4.15. The fourth-order valence-corrected chi connectivity index (χ4v) is 4.06. The maximum absolute atomic E-state index is 13.3. The maximum Gasteiger partial charge on any atom is 0.392 e. The lowest BCUT2D eigenvalue weighted by Gasteiger charge is -2.40. The molecule has 0 spiro atoms. The summed E-state index contributed by atoms with van der Waals surface area (Å²) < 4.78 is 45.3. The van der Waals surface area contributed by atoms with Crippen LogP contribution in [0.15, 0.2) is 0 Å². The second-order valence-corrected chi connectivity index (χ2v) is 6.55. The molecule has 1 saturated heterocycles. The molecule has 0 amide bonds. The highest BCUT2D eigenvalue weighted by molar-refractivity contribution is 4.89. The Morgan fingerprint density at radius 2 is 1.76 bits per heavy atom. The summed E-state index contributed by atoms with van der Waals surface area (Å²) in [5, 5.41) is 3.36. The first-order valence-electron chi connectivity index (χ1n) is 8.40. The van der Waals surface area contributed by atoms with Crippen LogP contribution in [0.1, 0.15) is 51.9 Å². The van der Waals surface area contributed by atoms with E-state index in [0.29, 0.717) is 18.8 Å². The van der Waals surface area contributed by atoms with Gasteiger partial charge in [0.1, 0.15) is 0 Å². The Bertz CT molecular complexity index is 302. The van der Waals surface area contributed by atoms with Crippen molar-refractivity contribution < 1.29 is 17.9 Å². The van der Waals surface area contributed by atoms with E-state index in [9.17, 15) is 13.2 Å². The molecule has 2 rings (SSSR count). The molecule has 0 aromatic rings. The largest absolute Gasteiger partial charge is 0.392 e. The molecule has 5 heteroatoms. The number of rotatable bonds is 5.